The summed E-state index contributed by atoms with van der Waals surface area (Å²) in [6.07, 6.45) is -4.67. The summed E-state index contributed by atoms with van der Waals surface area (Å²) in [7, 11) is 0. The number of alkyl halides is 3. The van der Waals surface area contributed by atoms with Crippen molar-refractivity contribution in [2.75, 3.05) is 11.9 Å². The number of benzene rings is 2. The van der Waals surface area contributed by atoms with E-state index >= 15 is 0 Å². The highest BCUT2D eigenvalue weighted by molar-refractivity contribution is 9.10. The summed E-state index contributed by atoms with van der Waals surface area (Å²) in [6, 6.07) is 9.92. The minimum atomic E-state index is -4.64. The van der Waals surface area contributed by atoms with Gasteiger partial charge < -0.3 is 10.1 Å². The highest BCUT2D eigenvalue weighted by Gasteiger charge is 2.33. The molecule has 9 heteroatoms. The molecule has 2 aromatic rings. The zero-order valence-corrected chi connectivity index (χ0v) is 15.4. The fourth-order valence-corrected chi connectivity index (χ4v) is 2.47. The van der Waals surface area contributed by atoms with Crippen LogP contribution < -0.4 is 5.32 Å². The normalized spacial score (nSPS) is 11.1. The van der Waals surface area contributed by atoms with Crippen molar-refractivity contribution in [3.63, 3.8) is 0 Å². The molecular weight excluding hydrogens is 439 g/mol. The summed E-state index contributed by atoms with van der Waals surface area (Å²) in [5, 5.41) is 1.75. The van der Waals surface area contributed by atoms with E-state index in [4.69, 9.17) is 16.3 Å². The Morgan fingerprint density at radius 1 is 1.12 bits per heavy atom. The second kappa shape index (κ2) is 8.55. The molecule has 0 heterocycles. The molecule has 0 aliphatic carbocycles. The molecule has 0 aliphatic rings. The van der Waals surface area contributed by atoms with Crippen molar-refractivity contribution in [1.82, 2.24) is 0 Å². The van der Waals surface area contributed by atoms with Crippen molar-refractivity contribution in [2.24, 2.45) is 0 Å². The molecular formula is C17H12BrClF3NO3. The van der Waals surface area contributed by atoms with Gasteiger partial charge in [0.1, 0.15) is 0 Å². The molecule has 26 heavy (non-hydrogen) atoms. The van der Waals surface area contributed by atoms with Gasteiger partial charge in [0.05, 0.1) is 17.0 Å². The van der Waals surface area contributed by atoms with E-state index < -0.39 is 35.2 Å². The zero-order valence-electron chi connectivity index (χ0n) is 13.1. The number of esters is 1. The van der Waals surface area contributed by atoms with Gasteiger partial charge in [-0.1, -0.05) is 39.7 Å². The second-order valence-corrected chi connectivity index (χ2v) is 6.53. The Hall–Kier alpha value is -2.06. The van der Waals surface area contributed by atoms with Crippen molar-refractivity contribution in [1.29, 1.82) is 0 Å². The summed E-state index contributed by atoms with van der Waals surface area (Å²) in [6.45, 7) is -0.612. The molecule has 0 aliphatic heterocycles. The van der Waals surface area contributed by atoms with Gasteiger partial charge in [0.15, 0.2) is 6.61 Å². The molecule has 138 valence electrons. The van der Waals surface area contributed by atoms with Crippen LogP contribution in [-0.2, 0) is 26.9 Å². The summed E-state index contributed by atoms with van der Waals surface area (Å²) in [5.41, 5.74) is -0.467. The van der Waals surface area contributed by atoms with Crippen LogP contribution in [0.1, 0.15) is 11.1 Å². The third kappa shape index (κ3) is 6.03. The van der Waals surface area contributed by atoms with Gasteiger partial charge in [0.25, 0.3) is 5.91 Å². The van der Waals surface area contributed by atoms with Crippen LogP contribution in [0.15, 0.2) is 46.9 Å². The first kappa shape index (κ1) is 20.3. The largest absolute Gasteiger partial charge is 0.455 e. The number of anilines is 1. The lowest BCUT2D eigenvalue weighted by molar-refractivity contribution is -0.146. The predicted octanol–water partition coefficient (Wildman–Crippen LogP) is 4.85. The Balaban J connectivity index is 1.89. The van der Waals surface area contributed by atoms with Crippen molar-refractivity contribution in [2.45, 2.75) is 12.6 Å². The number of halogens is 5. The topological polar surface area (TPSA) is 55.4 Å². The number of nitrogens with one attached hydrogen (secondary N) is 1. The number of rotatable bonds is 5. The quantitative estimate of drug-likeness (QED) is 0.663. The SMILES string of the molecule is O=C(COC(=O)Cc1ccc(Br)cc1)Nc1ccc(Cl)c(C(F)(F)F)c1. The van der Waals surface area contributed by atoms with Crippen LogP contribution in [0, 0.1) is 0 Å². The number of amides is 1. The van der Waals surface area contributed by atoms with Gasteiger partial charge in [-0.05, 0) is 35.9 Å². The fraction of sp³-hybridized carbons (Fsp3) is 0.176. The van der Waals surface area contributed by atoms with E-state index in [1.165, 1.54) is 6.07 Å². The molecule has 0 fully saturated rings. The third-order valence-electron chi connectivity index (χ3n) is 3.18. The number of hydrogen-bond acceptors (Lipinski definition) is 3. The van der Waals surface area contributed by atoms with Crippen LogP contribution in [0.25, 0.3) is 0 Å². The van der Waals surface area contributed by atoms with Crippen LogP contribution in [0.5, 0.6) is 0 Å². The van der Waals surface area contributed by atoms with Gasteiger partial charge in [0, 0.05) is 10.2 Å². The number of carbonyl (C=O) groups excluding carboxylic acids is 2. The van der Waals surface area contributed by atoms with Gasteiger partial charge >= 0.3 is 12.1 Å². The lowest BCUT2D eigenvalue weighted by Crippen LogP contribution is -2.22. The molecule has 0 radical (unpaired) electrons. The molecule has 2 aromatic carbocycles. The van der Waals surface area contributed by atoms with Crippen LogP contribution in [0.2, 0.25) is 5.02 Å². The minimum Gasteiger partial charge on any atom is -0.455 e. The lowest BCUT2D eigenvalue weighted by atomic mass is 10.2. The van der Waals surface area contributed by atoms with Gasteiger partial charge in [-0.3, -0.25) is 9.59 Å². The Labute approximate surface area is 160 Å². The summed E-state index contributed by atoms with van der Waals surface area (Å²) in [4.78, 5) is 23.5. The molecule has 1 N–H and O–H groups in total. The Kier molecular flexibility index (Phi) is 6.66. The van der Waals surface area contributed by atoms with E-state index in [9.17, 15) is 22.8 Å². The average molecular weight is 451 g/mol. The van der Waals surface area contributed by atoms with Gasteiger partial charge in [-0.15, -0.1) is 0 Å². The maximum atomic E-state index is 12.8. The molecule has 0 bridgehead atoms. The van der Waals surface area contributed by atoms with E-state index in [1.807, 2.05) is 0 Å². The van der Waals surface area contributed by atoms with Crippen molar-refractivity contribution < 1.29 is 27.5 Å². The molecule has 0 unspecified atom stereocenters. The smallest absolute Gasteiger partial charge is 0.417 e. The molecule has 1 amide bonds. The minimum absolute atomic E-state index is 0.0280. The summed E-state index contributed by atoms with van der Waals surface area (Å²) in [5.74, 6) is -1.39. The van der Waals surface area contributed by atoms with Crippen molar-refractivity contribution in [3.8, 4) is 0 Å². The Morgan fingerprint density at radius 3 is 2.38 bits per heavy atom. The number of carbonyl (C=O) groups is 2. The molecule has 0 saturated carbocycles. The molecule has 0 atom stereocenters. The van der Waals surface area contributed by atoms with Gasteiger partial charge in [0.2, 0.25) is 0 Å². The molecule has 2 rings (SSSR count). The molecule has 0 aromatic heterocycles. The lowest BCUT2D eigenvalue weighted by Gasteiger charge is -2.12. The number of ether oxygens (including phenoxy) is 1. The maximum absolute atomic E-state index is 12.8. The standard InChI is InChI=1S/C17H12BrClF3NO3/c18-11-3-1-10(2-4-11)7-16(25)26-9-15(24)23-12-5-6-14(19)13(8-12)17(20,21)22/h1-6,8H,7,9H2,(H,23,24). The first-order valence-corrected chi connectivity index (χ1v) is 8.39. The van der Waals surface area contributed by atoms with Gasteiger partial charge in [-0.2, -0.15) is 13.2 Å². The van der Waals surface area contributed by atoms with Gasteiger partial charge in [-0.25, -0.2) is 0 Å². The van der Waals surface area contributed by atoms with E-state index in [2.05, 4.69) is 21.2 Å². The highest BCUT2D eigenvalue weighted by Crippen LogP contribution is 2.36. The zero-order chi connectivity index (χ0) is 19.3. The van der Waals surface area contributed by atoms with Crippen LogP contribution in [-0.4, -0.2) is 18.5 Å². The Morgan fingerprint density at radius 2 is 1.77 bits per heavy atom. The predicted molar refractivity (Wildman–Crippen MR) is 93.9 cm³/mol. The van der Waals surface area contributed by atoms with Crippen LogP contribution in [0.4, 0.5) is 18.9 Å². The summed E-state index contributed by atoms with van der Waals surface area (Å²) < 4.78 is 44.0. The molecule has 0 saturated heterocycles. The first-order valence-electron chi connectivity index (χ1n) is 7.22. The average Bonchev–Trinajstić information content (AvgIpc) is 2.56. The van der Waals surface area contributed by atoms with E-state index in [0.29, 0.717) is 11.6 Å². The fourth-order valence-electron chi connectivity index (χ4n) is 1.98. The first-order chi connectivity index (χ1) is 12.1. The third-order valence-corrected chi connectivity index (χ3v) is 4.04. The molecule has 4 nitrogen and oxygen atoms in total. The number of hydrogen-bond donors (Lipinski definition) is 1. The second-order valence-electron chi connectivity index (χ2n) is 5.20. The van der Waals surface area contributed by atoms with Crippen molar-refractivity contribution >= 4 is 45.1 Å². The van der Waals surface area contributed by atoms with E-state index in [0.717, 1.165) is 10.5 Å². The summed E-state index contributed by atoms with van der Waals surface area (Å²) >= 11 is 8.77. The van der Waals surface area contributed by atoms with Crippen LogP contribution in [0.3, 0.4) is 0 Å². The highest BCUT2D eigenvalue weighted by atomic mass is 79.9. The maximum Gasteiger partial charge on any atom is 0.417 e. The van der Waals surface area contributed by atoms with E-state index in [-0.39, 0.29) is 12.1 Å². The van der Waals surface area contributed by atoms with Crippen LogP contribution >= 0.6 is 27.5 Å². The Bertz CT molecular complexity index is 810. The molecule has 0 spiro atoms. The monoisotopic (exact) mass is 449 g/mol. The van der Waals surface area contributed by atoms with Crippen molar-refractivity contribution in [3.05, 3.63) is 63.1 Å². The van der Waals surface area contributed by atoms with E-state index in [1.54, 1.807) is 24.3 Å².